The van der Waals surface area contributed by atoms with Crippen molar-refractivity contribution in [3.8, 4) is 11.1 Å². The van der Waals surface area contributed by atoms with Gasteiger partial charge in [0.15, 0.2) is 0 Å². The minimum Gasteiger partial charge on any atom is -0.264 e. The summed E-state index contributed by atoms with van der Waals surface area (Å²) in [6.45, 7) is 0. The van der Waals surface area contributed by atoms with Gasteiger partial charge in [-0.25, -0.2) is 0 Å². The van der Waals surface area contributed by atoms with Gasteiger partial charge in [0.25, 0.3) is 0 Å². The zero-order chi connectivity index (χ0) is 16.3. The number of benzene rings is 3. The molecule has 0 heterocycles. The summed E-state index contributed by atoms with van der Waals surface area (Å²) < 4.78 is 0. The normalized spacial score (nSPS) is 22.0. The van der Waals surface area contributed by atoms with Crippen molar-refractivity contribution in [2.75, 3.05) is 0 Å². The smallest absolute Gasteiger partial charge is 0.235 e. The van der Waals surface area contributed by atoms with Gasteiger partial charge in [-0.2, -0.15) is 0 Å². The first kappa shape index (κ1) is 13.5. The predicted octanol–water partition coefficient (Wildman–Crippen LogP) is 4.40. The van der Waals surface area contributed by atoms with Crippen LogP contribution in [0, 0.1) is 10.1 Å². The van der Waals surface area contributed by atoms with Crippen LogP contribution in [-0.4, -0.2) is 11.0 Å². The van der Waals surface area contributed by atoms with Crippen molar-refractivity contribution < 1.29 is 4.92 Å². The van der Waals surface area contributed by atoms with Gasteiger partial charge in [-0.3, -0.25) is 10.1 Å². The topological polar surface area (TPSA) is 43.1 Å². The lowest BCUT2D eigenvalue weighted by molar-refractivity contribution is -0.499. The largest absolute Gasteiger partial charge is 0.264 e. The van der Waals surface area contributed by atoms with E-state index in [1.54, 1.807) is 0 Å². The third-order valence-corrected chi connectivity index (χ3v) is 5.59. The van der Waals surface area contributed by atoms with Gasteiger partial charge in [0.1, 0.15) is 5.41 Å². The molecule has 0 amide bonds. The summed E-state index contributed by atoms with van der Waals surface area (Å²) >= 11 is 0. The molecule has 1 fully saturated rings. The van der Waals surface area contributed by atoms with E-state index in [1.165, 1.54) is 0 Å². The van der Waals surface area contributed by atoms with Crippen LogP contribution in [0.2, 0.25) is 0 Å². The number of nitro groups is 1. The van der Waals surface area contributed by atoms with Crippen molar-refractivity contribution in [2.45, 2.75) is 17.4 Å². The standard InChI is InChI=1S/C21H15NO2/c23-22(24)20-19(14-8-2-1-3-9-14)21(20)17-12-6-4-10-15(17)16-11-5-7-13-18(16)21/h1-13,19-20H/t19-,20+/m0/s1. The van der Waals surface area contributed by atoms with Gasteiger partial charge in [-0.1, -0.05) is 78.9 Å². The van der Waals surface area contributed by atoms with Crippen molar-refractivity contribution in [2.24, 2.45) is 0 Å². The average molecular weight is 313 g/mol. The summed E-state index contributed by atoms with van der Waals surface area (Å²) in [5, 5.41) is 11.9. The zero-order valence-corrected chi connectivity index (χ0v) is 12.9. The molecule has 0 aromatic heterocycles. The highest BCUT2D eigenvalue weighted by molar-refractivity contribution is 5.85. The summed E-state index contributed by atoms with van der Waals surface area (Å²) in [4.78, 5) is 11.8. The van der Waals surface area contributed by atoms with Crippen LogP contribution in [0.5, 0.6) is 0 Å². The Kier molecular flexibility index (Phi) is 2.55. The Morgan fingerprint density at radius 2 is 1.25 bits per heavy atom. The van der Waals surface area contributed by atoms with Crippen molar-refractivity contribution in [3.63, 3.8) is 0 Å². The minimum atomic E-state index is -0.607. The van der Waals surface area contributed by atoms with E-state index in [9.17, 15) is 10.1 Å². The van der Waals surface area contributed by atoms with E-state index in [0.717, 1.165) is 27.8 Å². The summed E-state index contributed by atoms with van der Waals surface area (Å²) in [6, 6.07) is 25.6. The third-order valence-electron chi connectivity index (χ3n) is 5.59. The molecular weight excluding hydrogens is 298 g/mol. The van der Waals surface area contributed by atoms with Crippen LogP contribution in [0.15, 0.2) is 78.9 Å². The lowest BCUT2D eigenvalue weighted by Crippen LogP contribution is -2.17. The fourth-order valence-corrected chi connectivity index (χ4v) is 4.72. The first-order chi connectivity index (χ1) is 11.8. The first-order valence-electron chi connectivity index (χ1n) is 8.14. The summed E-state index contributed by atoms with van der Waals surface area (Å²) in [6.07, 6.45) is 0. The van der Waals surface area contributed by atoms with Gasteiger partial charge < -0.3 is 0 Å². The van der Waals surface area contributed by atoms with Crippen LogP contribution in [-0.2, 0) is 5.41 Å². The summed E-state index contributed by atoms with van der Waals surface area (Å²) in [7, 11) is 0. The number of hydrogen-bond acceptors (Lipinski definition) is 2. The fraction of sp³-hybridized carbons (Fsp3) is 0.143. The van der Waals surface area contributed by atoms with Gasteiger partial charge in [0.05, 0.1) is 5.92 Å². The van der Waals surface area contributed by atoms with Crippen LogP contribution in [0.1, 0.15) is 22.6 Å². The van der Waals surface area contributed by atoms with E-state index in [0.29, 0.717) is 0 Å². The molecule has 2 aliphatic carbocycles. The number of fused-ring (bicyclic) bond motifs is 5. The first-order valence-corrected chi connectivity index (χ1v) is 8.14. The summed E-state index contributed by atoms with van der Waals surface area (Å²) in [5.74, 6) is -0.113. The van der Waals surface area contributed by atoms with Crippen LogP contribution >= 0.6 is 0 Å². The second-order valence-corrected chi connectivity index (χ2v) is 6.58. The SMILES string of the molecule is O=[N+]([O-])[C@@H]1[C@H](c2ccccc2)C12c1ccccc1-c1ccccc12. The predicted molar refractivity (Wildman–Crippen MR) is 92.6 cm³/mol. The maximum atomic E-state index is 11.9. The van der Waals surface area contributed by atoms with Gasteiger partial charge in [-0.15, -0.1) is 0 Å². The molecule has 5 rings (SSSR count). The molecule has 24 heavy (non-hydrogen) atoms. The maximum Gasteiger partial charge on any atom is 0.235 e. The highest BCUT2D eigenvalue weighted by atomic mass is 16.6. The molecular formula is C21H15NO2. The molecule has 0 radical (unpaired) electrons. The Labute approximate surface area is 139 Å². The lowest BCUT2D eigenvalue weighted by Gasteiger charge is -2.11. The monoisotopic (exact) mass is 313 g/mol. The van der Waals surface area contributed by atoms with Crippen molar-refractivity contribution in [1.29, 1.82) is 0 Å². The molecule has 3 heteroatoms. The fourth-order valence-electron chi connectivity index (χ4n) is 4.72. The van der Waals surface area contributed by atoms with Gasteiger partial charge >= 0.3 is 0 Å². The van der Waals surface area contributed by atoms with E-state index < -0.39 is 11.5 Å². The molecule has 3 aromatic carbocycles. The molecule has 2 aliphatic rings. The average Bonchev–Trinajstić information content (AvgIpc) is 3.25. The number of nitrogens with zero attached hydrogens (tertiary/aromatic N) is 1. The highest BCUT2D eigenvalue weighted by Crippen LogP contribution is 2.70. The van der Waals surface area contributed by atoms with E-state index in [-0.39, 0.29) is 10.8 Å². The molecule has 2 atom stereocenters. The van der Waals surface area contributed by atoms with Crippen LogP contribution in [0.25, 0.3) is 11.1 Å². The molecule has 0 N–H and O–H groups in total. The van der Waals surface area contributed by atoms with Crippen LogP contribution in [0.3, 0.4) is 0 Å². The molecule has 3 nitrogen and oxygen atoms in total. The Bertz CT molecular complexity index is 919. The Hall–Kier alpha value is -2.94. The molecule has 1 saturated carbocycles. The Morgan fingerprint density at radius 1 is 0.750 bits per heavy atom. The number of rotatable bonds is 2. The minimum absolute atomic E-state index is 0.0868. The molecule has 3 aromatic rings. The zero-order valence-electron chi connectivity index (χ0n) is 12.9. The van der Waals surface area contributed by atoms with Gasteiger partial charge in [0, 0.05) is 4.92 Å². The lowest BCUT2D eigenvalue weighted by atomic mass is 9.88. The van der Waals surface area contributed by atoms with Crippen LogP contribution in [0.4, 0.5) is 0 Å². The van der Waals surface area contributed by atoms with Crippen LogP contribution < -0.4 is 0 Å². The highest BCUT2D eigenvalue weighted by Gasteiger charge is 2.78. The Balaban J connectivity index is 1.82. The molecule has 116 valence electrons. The quantitative estimate of drug-likeness (QED) is 0.520. The van der Waals surface area contributed by atoms with Gasteiger partial charge in [-0.05, 0) is 27.8 Å². The van der Waals surface area contributed by atoms with E-state index in [2.05, 4.69) is 24.3 Å². The van der Waals surface area contributed by atoms with Crippen molar-refractivity contribution in [3.05, 3.63) is 106 Å². The third kappa shape index (κ3) is 1.47. The van der Waals surface area contributed by atoms with Crippen molar-refractivity contribution >= 4 is 0 Å². The maximum absolute atomic E-state index is 11.9. The molecule has 0 unspecified atom stereocenters. The molecule has 0 saturated heterocycles. The van der Waals surface area contributed by atoms with E-state index in [1.807, 2.05) is 54.6 Å². The van der Waals surface area contributed by atoms with E-state index in [4.69, 9.17) is 0 Å². The summed E-state index contributed by atoms with van der Waals surface area (Å²) in [5.41, 5.74) is 4.99. The van der Waals surface area contributed by atoms with Gasteiger partial charge in [0.2, 0.25) is 6.04 Å². The second-order valence-electron chi connectivity index (χ2n) is 6.58. The molecule has 0 aliphatic heterocycles. The van der Waals surface area contributed by atoms with Crippen molar-refractivity contribution in [1.82, 2.24) is 0 Å². The Morgan fingerprint density at radius 3 is 1.79 bits per heavy atom. The molecule has 1 spiro atoms. The van der Waals surface area contributed by atoms with E-state index >= 15 is 0 Å². The number of hydrogen-bond donors (Lipinski definition) is 0. The second kappa shape index (κ2) is 4.54. The molecule has 0 bridgehead atoms.